The zero-order valence-electron chi connectivity index (χ0n) is 11.8. The summed E-state index contributed by atoms with van der Waals surface area (Å²) in [4.78, 5) is 14.0. The van der Waals surface area contributed by atoms with Gasteiger partial charge in [-0.05, 0) is 48.8 Å². The molecular formula is C18H17NOS. The van der Waals surface area contributed by atoms with Crippen LogP contribution in [-0.4, -0.2) is 10.5 Å². The van der Waals surface area contributed by atoms with Crippen molar-refractivity contribution < 1.29 is 4.79 Å². The second kappa shape index (κ2) is 5.15. The van der Waals surface area contributed by atoms with Crippen LogP contribution in [0.2, 0.25) is 0 Å². The summed E-state index contributed by atoms with van der Waals surface area (Å²) in [6.45, 7) is 0. The van der Waals surface area contributed by atoms with E-state index >= 15 is 0 Å². The van der Waals surface area contributed by atoms with Crippen LogP contribution in [0.25, 0.3) is 10.9 Å². The van der Waals surface area contributed by atoms with Crippen LogP contribution in [0.3, 0.4) is 0 Å². The molecule has 2 aromatic heterocycles. The first-order valence-electron chi connectivity index (χ1n) is 7.51. The summed E-state index contributed by atoms with van der Waals surface area (Å²) in [5.41, 5.74) is 3.74. The van der Waals surface area contributed by atoms with E-state index in [1.54, 1.807) is 11.3 Å². The lowest BCUT2D eigenvalue weighted by Crippen LogP contribution is -2.17. The number of hydrogen-bond donors (Lipinski definition) is 0. The van der Waals surface area contributed by atoms with Crippen LogP contribution < -0.4 is 0 Å². The highest BCUT2D eigenvalue weighted by molar-refractivity contribution is 7.10. The minimum Gasteiger partial charge on any atom is -0.284 e. The summed E-state index contributed by atoms with van der Waals surface area (Å²) in [5.74, 6) is 0.205. The van der Waals surface area contributed by atoms with Crippen molar-refractivity contribution in [3.63, 3.8) is 0 Å². The summed E-state index contributed by atoms with van der Waals surface area (Å²) in [5, 5.41) is 3.30. The molecule has 0 radical (unpaired) electrons. The molecule has 0 bridgehead atoms. The number of thiophene rings is 1. The van der Waals surface area contributed by atoms with Crippen molar-refractivity contribution in [1.29, 1.82) is 0 Å². The van der Waals surface area contributed by atoms with Crippen LogP contribution in [0.5, 0.6) is 0 Å². The molecule has 0 amide bonds. The molecule has 0 saturated heterocycles. The quantitative estimate of drug-likeness (QED) is 0.684. The topological polar surface area (TPSA) is 22.0 Å². The Morgan fingerprint density at radius 2 is 1.95 bits per heavy atom. The predicted molar refractivity (Wildman–Crippen MR) is 87.2 cm³/mol. The Balaban J connectivity index is 1.85. The Morgan fingerprint density at radius 1 is 1.10 bits per heavy atom. The van der Waals surface area contributed by atoms with Gasteiger partial charge in [0.2, 0.25) is 5.91 Å². The molecule has 0 saturated carbocycles. The number of benzene rings is 1. The highest BCUT2D eigenvalue weighted by Gasteiger charge is 2.23. The fourth-order valence-electron chi connectivity index (χ4n) is 3.42. The van der Waals surface area contributed by atoms with E-state index in [9.17, 15) is 4.79 Å². The molecule has 0 N–H and O–H groups in total. The summed E-state index contributed by atoms with van der Waals surface area (Å²) in [6, 6.07) is 12.4. The predicted octanol–water partition coefficient (Wildman–Crippen LogP) is 4.46. The first-order valence-corrected chi connectivity index (χ1v) is 8.39. The molecule has 0 atom stereocenters. The molecular weight excluding hydrogens is 278 g/mol. The van der Waals surface area contributed by atoms with E-state index in [-0.39, 0.29) is 5.91 Å². The lowest BCUT2D eigenvalue weighted by Gasteiger charge is -2.14. The molecule has 3 heteroatoms. The third kappa shape index (κ3) is 2.12. The van der Waals surface area contributed by atoms with E-state index in [2.05, 4.69) is 18.2 Å². The number of nitrogens with zero attached hydrogens (tertiary/aromatic N) is 1. The maximum absolute atomic E-state index is 12.8. The molecule has 0 fully saturated rings. The highest BCUT2D eigenvalue weighted by Crippen LogP contribution is 2.32. The van der Waals surface area contributed by atoms with E-state index in [0.29, 0.717) is 6.42 Å². The molecule has 1 aromatic carbocycles. The zero-order valence-corrected chi connectivity index (χ0v) is 12.7. The van der Waals surface area contributed by atoms with Gasteiger partial charge in [-0.15, -0.1) is 11.3 Å². The monoisotopic (exact) mass is 295 g/mol. The Morgan fingerprint density at radius 3 is 2.81 bits per heavy atom. The van der Waals surface area contributed by atoms with Crippen LogP contribution in [0.15, 0.2) is 41.8 Å². The molecule has 3 aromatic rings. The van der Waals surface area contributed by atoms with Crippen LogP contribution >= 0.6 is 11.3 Å². The van der Waals surface area contributed by atoms with Crippen molar-refractivity contribution in [3.8, 4) is 0 Å². The van der Waals surface area contributed by atoms with E-state index in [1.807, 2.05) is 28.1 Å². The maximum atomic E-state index is 12.8. The van der Waals surface area contributed by atoms with Crippen LogP contribution in [0.1, 0.15) is 33.8 Å². The fourth-order valence-corrected chi connectivity index (χ4v) is 4.12. The Hall–Kier alpha value is -1.87. The number of aromatic nitrogens is 1. The van der Waals surface area contributed by atoms with E-state index in [1.165, 1.54) is 29.5 Å². The molecule has 1 aliphatic rings. The van der Waals surface area contributed by atoms with Gasteiger partial charge in [-0.1, -0.05) is 24.3 Å². The largest absolute Gasteiger partial charge is 0.284 e. The van der Waals surface area contributed by atoms with Gasteiger partial charge in [0.1, 0.15) is 0 Å². The molecule has 21 heavy (non-hydrogen) atoms. The summed E-state index contributed by atoms with van der Waals surface area (Å²) in [7, 11) is 0. The molecule has 0 spiro atoms. The van der Waals surface area contributed by atoms with E-state index in [4.69, 9.17) is 0 Å². The van der Waals surface area contributed by atoms with Gasteiger partial charge in [0.15, 0.2) is 0 Å². The van der Waals surface area contributed by atoms with Gasteiger partial charge >= 0.3 is 0 Å². The zero-order chi connectivity index (χ0) is 14.2. The van der Waals surface area contributed by atoms with Gasteiger partial charge in [0.25, 0.3) is 0 Å². The lowest BCUT2D eigenvalue weighted by molar-refractivity contribution is 0.0916. The van der Waals surface area contributed by atoms with Crippen molar-refractivity contribution >= 4 is 28.1 Å². The minimum absolute atomic E-state index is 0.205. The average Bonchev–Trinajstić information content (AvgIpc) is 3.12. The van der Waals surface area contributed by atoms with Gasteiger partial charge in [-0.3, -0.25) is 9.36 Å². The van der Waals surface area contributed by atoms with Gasteiger partial charge in [0.05, 0.1) is 11.9 Å². The Kier molecular flexibility index (Phi) is 3.15. The normalized spacial score (nSPS) is 14.3. The van der Waals surface area contributed by atoms with Crippen LogP contribution in [0.4, 0.5) is 0 Å². The maximum Gasteiger partial charge on any atom is 0.236 e. The summed E-state index contributed by atoms with van der Waals surface area (Å²) < 4.78 is 1.99. The minimum atomic E-state index is 0.205. The number of aryl methyl sites for hydroxylation is 1. The Labute approximate surface area is 128 Å². The third-order valence-electron chi connectivity index (χ3n) is 4.33. The van der Waals surface area contributed by atoms with Gasteiger partial charge in [0, 0.05) is 16.0 Å². The second-order valence-electron chi connectivity index (χ2n) is 5.63. The molecule has 2 heterocycles. The SMILES string of the molecule is O=C(Cc1cccs1)n1c2c(c3ccccc31)CCCC2. The summed E-state index contributed by atoms with van der Waals surface area (Å²) >= 11 is 1.66. The molecule has 106 valence electrons. The lowest BCUT2D eigenvalue weighted by atomic mass is 9.95. The number of para-hydroxylation sites is 1. The van der Waals surface area contributed by atoms with Crippen molar-refractivity contribution in [3.05, 3.63) is 57.9 Å². The molecule has 2 nitrogen and oxygen atoms in total. The smallest absolute Gasteiger partial charge is 0.236 e. The number of rotatable bonds is 2. The van der Waals surface area contributed by atoms with Crippen molar-refractivity contribution in [1.82, 2.24) is 4.57 Å². The van der Waals surface area contributed by atoms with Crippen molar-refractivity contribution in [2.75, 3.05) is 0 Å². The molecule has 0 aliphatic heterocycles. The second-order valence-corrected chi connectivity index (χ2v) is 6.67. The van der Waals surface area contributed by atoms with Crippen molar-refractivity contribution in [2.24, 2.45) is 0 Å². The van der Waals surface area contributed by atoms with E-state index < -0.39 is 0 Å². The number of carbonyl (C=O) groups is 1. The molecule has 4 rings (SSSR count). The van der Waals surface area contributed by atoms with Crippen LogP contribution in [-0.2, 0) is 19.3 Å². The highest BCUT2D eigenvalue weighted by atomic mass is 32.1. The van der Waals surface area contributed by atoms with Gasteiger partial charge in [-0.2, -0.15) is 0 Å². The fraction of sp³-hybridized carbons (Fsp3) is 0.278. The number of carbonyl (C=O) groups excluding carboxylic acids is 1. The molecule has 1 aliphatic carbocycles. The third-order valence-corrected chi connectivity index (χ3v) is 5.21. The van der Waals surface area contributed by atoms with Gasteiger partial charge in [-0.25, -0.2) is 0 Å². The van der Waals surface area contributed by atoms with E-state index in [0.717, 1.165) is 23.2 Å². The number of hydrogen-bond acceptors (Lipinski definition) is 2. The van der Waals surface area contributed by atoms with Crippen LogP contribution in [0, 0.1) is 0 Å². The average molecular weight is 295 g/mol. The van der Waals surface area contributed by atoms with Gasteiger partial charge < -0.3 is 0 Å². The molecule has 0 unspecified atom stereocenters. The Bertz CT molecular complexity index is 798. The first-order chi connectivity index (χ1) is 10.3. The first kappa shape index (κ1) is 12.8. The van der Waals surface area contributed by atoms with Crippen molar-refractivity contribution in [2.45, 2.75) is 32.1 Å². The summed E-state index contributed by atoms with van der Waals surface area (Å²) in [6.07, 6.45) is 5.06. The standard InChI is InChI=1S/C18H17NOS/c20-18(12-13-6-5-11-21-13)19-16-9-3-1-7-14(16)15-8-2-4-10-17(15)19/h1,3,5-7,9,11H,2,4,8,10,12H2. The number of fused-ring (bicyclic) bond motifs is 3.